The minimum Gasteiger partial charge on any atom is -0.469 e. The van der Waals surface area contributed by atoms with Crippen molar-refractivity contribution in [3.8, 4) is 0 Å². The molecule has 0 radical (unpaired) electrons. The van der Waals surface area contributed by atoms with E-state index < -0.39 is 0 Å². The van der Waals surface area contributed by atoms with Crippen molar-refractivity contribution >= 4 is 23.2 Å². The molecule has 0 aliphatic rings. The van der Waals surface area contributed by atoms with Gasteiger partial charge in [0.2, 0.25) is 0 Å². The smallest absolute Gasteiger partial charge is 0.174 e. The second-order valence-electron chi connectivity index (χ2n) is 3.92. The van der Waals surface area contributed by atoms with E-state index in [1.54, 1.807) is 37.3 Å². The maximum Gasteiger partial charge on any atom is 0.174 e. The average Bonchev–Trinajstić information content (AvgIpc) is 2.76. The maximum atomic E-state index is 11.9. The molecular weight excluding hydrogens is 252 g/mol. The third-order valence-corrected chi connectivity index (χ3v) is 2.90. The lowest BCUT2D eigenvalue weighted by Crippen LogP contribution is -2.08. The van der Waals surface area contributed by atoms with E-state index in [2.05, 4.69) is 0 Å². The SMILES string of the molecule is Cc1occc1C(=O)CC(=O)c1ccc(Cl)cc1. The molecule has 2 aromatic rings. The predicted molar refractivity (Wildman–Crippen MR) is 68.2 cm³/mol. The fourth-order valence-electron chi connectivity index (χ4n) is 1.65. The zero-order valence-corrected chi connectivity index (χ0v) is 10.5. The molecule has 0 amide bonds. The van der Waals surface area contributed by atoms with Crippen molar-refractivity contribution in [3.05, 3.63) is 58.5 Å². The van der Waals surface area contributed by atoms with Crippen LogP contribution in [0.3, 0.4) is 0 Å². The van der Waals surface area contributed by atoms with Gasteiger partial charge in [0, 0.05) is 10.6 Å². The van der Waals surface area contributed by atoms with E-state index in [-0.39, 0.29) is 18.0 Å². The van der Waals surface area contributed by atoms with Crippen molar-refractivity contribution in [1.29, 1.82) is 0 Å². The van der Waals surface area contributed by atoms with Crippen molar-refractivity contribution in [2.75, 3.05) is 0 Å². The van der Waals surface area contributed by atoms with Crippen LogP contribution in [0.4, 0.5) is 0 Å². The Kier molecular flexibility index (Phi) is 3.63. The lowest BCUT2D eigenvalue weighted by molar-refractivity contribution is 0.0893. The third-order valence-electron chi connectivity index (χ3n) is 2.65. The van der Waals surface area contributed by atoms with Crippen LogP contribution in [0.25, 0.3) is 0 Å². The number of rotatable bonds is 4. The summed E-state index contributed by atoms with van der Waals surface area (Å²) in [6, 6.07) is 8.05. The standard InChI is InChI=1S/C14H11ClO3/c1-9-12(6-7-18-9)14(17)8-13(16)10-2-4-11(15)5-3-10/h2-7H,8H2,1H3. The molecule has 0 aliphatic heterocycles. The number of hydrogen-bond donors (Lipinski definition) is 0. The molecule has 0 fully saturated rings. The summed E-state index contributed by atoms with van der Waals surface area (Å²) in [6.07, 6.45) is 1.28. The van der Waals surface area contributed by atoms with Crippen LogP contribution in [-0.4, -0.2) is 11.6 Å². The zero-order valence-electron chi connectivity index (χ0n) is 9.77. The number of carbonyl (C=O) groups excluding carboxylic acids is 2. The molecule has 0 bridgehead atoms. The van der Waals surface area contributed by atoms with Gasteiger partial charge >= 0.3 is 0 Å². The summed E-state index contributed by atoms with van der Waals surface area (Å²) in [5.74, 6) is 0.0716. The molecule has 0 saturated heterocycles. The van der Waals surface area contributed by atoms with E-state index in [0.717, 1.165) is 0 Å². The first-order valence-electron chi connectivity index (χ1n) is 5.44. The lowest BCUT2D eigenvalue weighted by atomic mass is 10.0. The second kappa shape index (κ2) is 5.19. The van der Waals surface area contributed by atoms with Gasteiger partial charge < -0.3 is 4.42 Å². The van der Waals surface area contributed by atoms with Gasteiger partial charge in [-0.15, -0.1) is 0 Å². The minimum atomic E-state index is -0.235. The summed E-state index contributed by atoms with van der Waals surface area (Å²) in [5, 5.41) is 0.559. The average molecular weight is 263 g/mol. The number of aryl methyl sites for hydroxylation is 1. The van der Waals surface area contributed by atoms with Gasteiger partial charge in [0.25, 0.3) is 0 Å². The minimum absolute atomic E-state index is 0.165. The summed E-state index contributed by atoms with van der Waals surface area (Å²) < 4.78 is 5.04. The topological polar surface area (TPSA) is 47.3 Å². The summed E-state index contributed by atoms with van der Waals surface area (Å²) >= 11 is 5.73. The first-order valence-corrected chi connectivity index (χ1v) is 5.82. The van der Waals surface area contributed by atoms with Gasteiger partial charge in [-0.25, -0.2) is 0 Å². The molecule has 1 heterocycles. The van der Waals surface area contributed by atoms with Crippen LogP contribution in [0.5, 0.6) is 0 Å². The van der Waals surface area contributed by atoms with Crippen LogP contribution in [0.2, 0.25) is 5.02 Å². The van der Waals surface area contributed by atoms with Gasteiger partial charge in [-0.1, -0.05) is 11.6 Å². The number of furan rings is 1. The van der Waals surface area contributed by atoms with Crippen LogP contribution in [-0.2, 0) is 0 Å². The van der Waals surface area contributed by atoms with Crippen molar-refractivity contribution in [3.63, 3.8) is 0 Å². The van der Waals surface area contributed by atoms with Gasteiger partial charge in [0.05, 0.1) is 18.2 Å². The molecule has 1 aromatic carbocycles. The van der Waals surface area contributed by atoms with E-state index >= 15 is 0 Å². The number of ketones is 2. The monoisotopic (exact) mass is 262 g/mol. The first-order chi connectivity index (χ1) is 8.58. The summed E-state index contributed by atoms with van der Waals surface area (Å²) in [4.78, 5) is 23.7. The van der Waals surface area contributed by atoms with E-state index in [1.807, 2.05) is 0 Å². The normalized spacial score (nSPS) is 10.3. The highest BCUT2D eigenvalue weighted by Gasteiger charge is 2.16. The van der Waals surface area contributed by atoms with Gasteiger partial charge in [-0.05, 0) is 37.3 Å². The maximum absolute atomic E-state index is 11.9. The predicted octanol–water partition coefficient (Wildman–Crippen LogP) is 3.70. The molecule has 18 heavy (non-hydrogen) atoms. The summed E-state index contributed by atoms with van der Waals surface area (Å²) in [7, 11) is 0. The van der Waals surface area contributed by atoms with Gasteiger partial charge in [0.1, 0.15) is 5.76 Å². The fraction of sp³-hybridized carbons (Fsp3) is 0.143. The third kappa shape index (κ3) is 2.68. The van der Waals surface area contributed by atoms with Crippen LogP contribution < -0.4 is 0 Å². The first kappa shape index (κ1) is 12.6. The molecule has 0 atom stereocenters. The number of benzene rings is 1. The number of Topliss-reactive ketones (excluding diaryl/α,β-unsaturated/α-hetero) is 2. The Hall–Kier alpha value is -1.87. The fourth-order valence-corrected chi connectivity index (χ4v) is 1.78. The van der Waals surface area contributed by atoms with Gasteiger partial charge in [-0.3, -0.25) is 9.59 Å². The number of carbonyl (C=O) groups is 2. The van der Waals surface area contributed by atoms with E-state index in [9.17, 15) is 9.59 Å². The van der Waals surface area contributed by atoms with Crippen molar-refractivity contribution in [2.45, 2.75) is 13.3 Å². The van der Waals surface area contributed by atoms with Gasteiger partial charge in [0.15, 0.2) is 11.6 Å². The highest BCUT2D eigenvalue weighted by molar-refractivity contribution is 6.30. The lowest BCUT2D eigenvalue weighted by Gasteiger charge is -2.00. The summed E-state index contributed by atoms with van der Waals surface area (Å²) in [6.45, 7) is 1.69. The molecule has 1 aromatic heterocycles. The summed E-state index contributed by atoms with van der Waals surface area (Å²) in [5.41, 5.74) is 0.936. The largest absolute Gasteiger partial charge is 0.469 e. The van der Waals surface area contributed by atoms with Crippen molar-refractivity contribution < 1.29 is 14.0 Å². The molecular formula is C14H11ClO3. The second-order valence-corrected chi connectivity index (χ2v) is 4.36. The van der Waals surface area contributed by atoms with Crippen LogP contribution in [0.1, 0.15) is 32.9 Å². The Bertz CT molecular complexity index is 581. The Balaban J connectivity index is 2.10. The molecule has 0 saturated carbocycles. The quantitative estimate of drug-likeness (QED) is 0.623. The highest BCUT2D eigenvalue weighted by Crippen LogP contribution is 2.15. The highest BCUT2D eigenvalue weighted by atomic mass is 35.5. The van der Waals surface area contributed by atoms with Crippen LogP contribution in [0.15, 0.2) is 41.0 Å². The molecule has 0 N–H and O–H groups in total. The Labute approximate surface area is 109 Å². The molecule has 0 unspecified atom stereocenters. The van der Waals surface area contributed by atoms with Crippen LogP contribution >= 0.6 is 11.6 Å². The molecule has 3 nitrogen and oxygen atoms in total. The molecule has 2 rings (SSSR count). The molecule has 0 aliphatic carbocycles. The number of hydrogen-bond acceptors (Lipinski definition) is 3. The zero-order chi connectivity index (χ0) is 13.1. The van der Waals surface area contributed by atoms with E-state index in [0.29, 0.717) is 21.9 Å². The molecule has 92 valence electrons. The molecule has 4 heteroatoms. The van der Waals surface area contributed by atoms with Crippen molar-refractivity contribution in [2.24, 2.45) is 0 Å². The van der Waals surface area contributed by atoms with Gasteiger partial charge in [-0.2, -0.15) is 0 Å². The van der Waals surface area contributed by atoms with E-state index in [4.69, 9.17) is 16.0 Å². The number of halogens is 1. The van der Waals surface area contributed by atoms with Crippen LogP contribution in [0, 0.1) is 6.92 Å². The Morgan fingerprint density at radius 3 is 2.33 bits per heavy atom. The molecule has 0 spiro atoms. The Morgan fingerprint density at radius 2 is 1.78 bits per heavy atom. The van der Waals surface area contributed by atoms with Crippen molar-refractivity contribution in [1.82, 2.24) is 0 Å². The Morgan fingerprint density at radius 1 is 1.11 bits per heavy atom. The van der Waals surface area contributed by atoms with E-state index in [1.165, 1.54) is 6.26 Å².